The van der Waals surface area contributed by atoms with Gasteiger partial charge in [0.25, 0.3) is 0 Å². The maximum absolute atomic E-state index is 12.1. The highest BCUT2D eigenvalue weighted by Gasteiger charge is 2.46. The molecule has 0 aromatic heterocycles. The van der Waals surface area contributed by atoms with Crippen molar-refractivity contribution >= 4 is 7.60 Å². The SMILES string of the molecule is CCCC(O)(CC)P(=O)(O)OC(CC)CC. The molecule has 2 unspecified atom stereocenters. The lowest BCUT2D eigenvalue weighted by atomic mass is 10.1. The first kappa shape index (κ1) is 16.1. The van der Waals surface area contributed by atoms with E-state index in [4.69, 9.17) is 4.52 Å². The zero-order valence-electron chi connectivity index (χ0n) is 10.8. The van der Waals surface area contributed by atoms with E-state index < -0.39 is 12.9 Å². The van der Waals surface area contributed by atoms with Crippen LogP contribution in [0.2, 0.25) is 0 Å². The molecule has 2 N–H and O–H groups in total. The van der Waals surface area contributed by atoms with Crippen LogP contribution >= 0.6 is 7.60 Å². The highest BCUT2D eigenvalue weighted by molar-refractivity contribution is 7.54. The van der Waals surface area contributed by atoms with E-state index in [9.17, 15) is 14.6 Å². The third-order valence-corrected chi connectivity index (χ3v) is 5.12. The van der Waals surface area contributed by atoms with Crippen molar-refractivity contribution in [2.45, 2.75) is 71.2 Å². The van der Waals surface area contributed by atoms with Gasteiger partial charge >= 0.3 is 7.60 Å². The van der Waals surface area contributed by atoms with E-state index in [1.807, 2.05) is 20.8 Å². The van der Waals surface area contributed by atoms with Crippen LogP contribution in [0.3, 0.4) is 0 Å². The maximum Gasteiger partial charge on any atom is 0.359 e. The highest BCUT2D eigenvalue weighted by Crippen LogP contribution is 2.58. The summed E-state index contributed by atoms with van der Waals surface area (Å²) >= 11 is 0. The number of hydrogen-bond acceptors (Lipinski definition) is 3. The second kappa shape index (κ2) is 6.75. The molecule has 0 fully saturated rings. The molecule has 0 spiro atoms. The van der Waals surface area contributed by atoms with Gasteiger partial charge in [-0.15, -0.1) is 0 Å². The van der Waals surface area contributed by atoms with Gasteiger partial charge < -0.3 is 14.5 Å². The topological polar surface area (TPSA) is 66.8 Å². The first-order valence-electron chi connectivity index (χ1n) is 6.10. The van der Waals surface area contributed by atoms with Crippen molar-refractivity contribution in [2.75, 3.05) is 0 Å². The summed E-state index contributed by atoms with van der Waals surface area (Å²) < 4.78 is 17.3. The zero-order chi connectivity index (χ0) is 12.8. The van der Waals surface area contributed by atoms with Crippen molar-refractivity contribution in [3.8, 4) is 0 Å². The summed E-state index contributed by atoms with van der Waals surface area (Å²) in [6.45, 7) is 7.38. The van der Waals surface area contributed by atoms with E-state index in [0.29, 0.717) is 19.3 Å². The molecule has 0 saturated carbocycles. The van der Waals surface area contributed by atoms with Gasteiger partial charge in [0.1, 0.15) is 0 Å². The van der Waals surface area contributed by atoms with Gasteiger partial charge in [-0.1, -0.05) is 34.1 Å². The van der Waals surface area contributed by atoms with Gasteiger partial charge in [-0.25, -0.2) is 0 Å². The van der Waals surface area contributed by atoms with Gasteiger partial charge in [0.05, 0.1) is 6.10 Å². The van der Waals surface area contributed by atoms with Gasteiger partial charge in [0.2, 0.25) is 0 Å². The molecule has 0 bridgehead atoms. The fourth-order valence-electron chi connectivity index (χ4n) is 1.66. The quantitative estimate of drug-likeness (QED) is 0.650. The Labute approximate surface area is 98.6 Å². The Bertz CT molecular complexity index is 240. The van der Waals surface area contributed by atoms with Gasteiger partial charge in [0, 0.05) is 0 Å². The second-order valence-electron chi connectivity index (χ2n) is 4.15. The van der Waals surface area contributed by atoms with E-state index in [0.717, 1.165) is 0 Å². The lowest BCUT2D eigenvalue weighted by Crippen LogP contribution is -2.30. The lowest BCUT2D eigenvalue weighted by molar-refractivity contribution is 0.0507. The summed E-state index contributed by atoms with van der Waals surface area (Å²) in [4.78, 5) is 9.88. The van der Waals surface area contributed by atoms with Crippen LogP contribution in [0, 0.1) is 0 Å². The average Bonchev–Trinajstić information content (AvgIpc) is 2.25. The average molecular weight is 252 g/mol. The van der Waals surface area contributed by atoms with E-state index in [1.54, 1.807) is 6.92 Å². The number of hydrogen-bond donors (Lipinski definition) is 2. The summed E-state index contributed by atoms with van der Waals surface area (Å²) in [5.74, 6) is 0. The van der Waals surface area contributed by atoms with Crippen molar-refractivity contribution < 1.29 is 19.1 Å². The summed E-state index contributed by atoms with van der Waals surface area (Å²) in [6.07, 6.45) is 2.26. The number of rotatable bonds is 8. The lowest BCUT2D eigenvalue weighted by Gasteiger charge is -2.32. The molecule has 0 saturated heterocycles. The zero-order valence-corrected chi connectivity index (χ0v) is 11.7. The third kappa shape index (κ3) is 3.85. The molecule has 0 aliphatic carbocycles. The van der Waals surface area contributed by atoms with Crippen LogP contribution in [-0.4, -0.2) is 21.4 Å². The molecule has 98 valence electrons. The Morgan fingerprint density at radius 2 is 1.75 bits per heavy atom. The molecule has 4 nitrogen and oxygen atoms in total. The normalized spacial score (nSPS) is 19.4. The van der Waals surface area contributed by atoms with E-state index in [2.05, 4.69) is 0 Å². The predicted octanol–water partition coefficient (Wildman–Crippen LogP) is 3.28. The van der Waals surface area contributed by atoms with Crippen LogP contribution in [0.1, 0.15) is 59.8 Å². The summed E-state index contributed by atoms with van der Waals surface area (Å²) in [7, 11) is -3.96. The fourth-order valence-corrected chi connectivity index (χ4v) is 3.46. The van der Waals surface area contributed by atoms with Gasteiger partial charge in [-0.05, 0) is 25.7 Å². The minimum Gasteiger partial charge on any atom is -0.377 e. The van der Waals surface area contributed by atoms with Crippen LogP contribution in [0.15, 0.2) is 0 Å². The highest BCUT2D eigenvalue weighted by atomic mass is 31.2. The first-order chi connectivity index (χ1) is 7.36. The van der Waals surface area contributed by atoms with Crippen LogP contribution in [0.4, 0.5) is 0 Å². The molecule has 0 aliphatic rings. The Morgan fingerprint density at radius 3 is 2.06 bits per heavy atom. The Morgan fingerprint density at radius 1 is 1.25 bits per heavy atom. The smallest absolute Gasteiger partial charge is 0.359 e. The first-order valence-corrected chi connectivity index (χ1v) is 7.68. The second-order valence-corrected chi connectivity index (χ2v) is 6.23. The molecule has 0 aromatic carbocycles. The number of aliphatic hydroxyl groups is 1. The van der Waals surface area contributed by atoms with Crippen molar-refractivity contribution in [1.82, 2.24) is 0 Å². The van der Waals surface area contributed by atoms with E-state index >= 15 is 0 Å². The van der Waals surface area contributed by atoms with Crippen molar-refractivity contribution in [3.63, 3.8) is 0 Å². The molecule has 2 atom stereocenters. The molecule has 0 rings (SSSR count). The Kier molecular flexibility index (Phi) is 6.80. The molecule has 0 aliphatic heterocycles. The molecule has 0 aromatic rings. The summed E-state index contributed by atoms with van der Waals surface area (Å²) in [5.41, 5.74) is 0. The van der Waals surface area contributed by atoms with Gasteiger partial charge in [-0.2, -0.15) is 0 Å². The Hall–Kier alpha value is 0.110. The predicted molar refractivity (Wildman–Crippen MR) is 65.4 cm³/mol. The molecule has 16 heavy (non-hydrogen) atoms. The molecular weight excluding hydrogens is 227 g/mol. The summed E-state index contributed by atoms with van der Waals surface area (Å²) in [5, 5.41) is 8.56. The van der Waals surface area contributed by atoms with E-state index in [1.165, 1.54) is 0 Å². The Balaban J connectivity index is 4.79. The molecule has 0 radical (unpaired) electrons. The minimum atomic E-state index is -3.96. The maximum atomic E-state index is 12.1. The van der Waals surface area contributed by atoms with Crippen LogP contribution in [-0.2, 0) is 9.09 Å². The van der Waals surface area contributed by atoms with Crippen LogP contribution < -0.4 is 0 Å². The van der Waals surface area contributed by atoms with Crippen molar-refractivity contribution in [3.05, 3.63) is 0 Å². The summed E-state index contributed by atoms with van der Waals surface area (Å²) in [6, 6.07) is 0. The largest absolute Gasteiger partial charge is 0.377 e. The molecule has 5 heteroatoms. The van der Waals surface area contributed by atoms with E-state index in [-0.39, 0.29) is 18.9 Å². The van der Waals surface area contributed by atoms with Gasteiger partial charge in [0.15, 0.2) is 5.34 Å². The van der Waals surface area contributed by atoms with Crippen molar-refractivity contribution in [1.29, 1.82) is 0 Å². The van der Waals surface area contributed by atoms with Crippen LogP contribution in [0.5, 0.6) is 0 Å². The minimum absolute atomic E-state index is 0.231. The monoisotopic (exact) mass is 252 g/mol. The molecule has 0 amide bonds. The standard InChI is InChI=1S/C11H25O4P/c1-5-9-11(12,8-4)16(13,14)15-10(6-2)7-3/h10,12H,5-9H2,1-4H3,(H,13,14). The molecular formula is C11H25O4P. The third-order valence-electron chi connectivity index (χ3n) is 2.95. The fraction of sp³-hybridized carbons (Fsp3) is 1.00. The van der Waals surface area contributed by atoms with Crippen molar-refractivity contribution in [2.24, 2.45) is 0 Å². The molecule has 0 heterocycles. The van der Waals surface area contributed by atoms with Crippen LogP contribution in [0.25, 0.3) is 0 Å². The van der Waals surface area contributed by atoms with Gasteiger partial charge in [-0.3, -0.25) is 4.57 Å².